The molecule has 1 aromatic carbocycles. The van der Waals surface area contributed by atoms with Crippen LogP contribution in [0.1, 0.15) is 49.5 Å². The highest BCUT2D eigenvalue weighted by Crippen LogP contribution is 2.45. The predicted molar refractivity (Wildman–Crippen MR) is 126 cm³/mol. The van der Waals surface area contributed by atoms with Gasteiger partial charge in [-0.2, -0.15) is 0 Å². The second-order valence-electron chi connectivity index (χ2n) is 10.5. The van der Waals surface area contributed by atoms with Crippen LogP contribution in [0.25, 0.3) is 0 Å². The summed E-state index contributed by atoms with van der Waals surface area (Å²) in [6.45, 7) is 7.37. The highest BCUT2D eigenvalue weighted by atomic mass is 16.6. The zero-order valence-electron chi connectivity index (χ0n) is 19.6. The van der Waals surface area contributed by atoms with Crippen LogP contribution in [0.15, 0.2) is 48.7 Å². The Kier molecular flexibility index (Phi) is 6.54. The van der Waals surface area contributed by atoms with Crippen molar-refractivity contribution >= 4 is 17.7 Å². The van der Waals surface area contributed by atoms with Crippen molar-refractivity contribution in [2.45, 2.75) is 51.2 Å². The molecule has 176 valence electrons. The van der Waals surface area contributed by atoms with Crippen molar-refractivity contribution < 1.29 is 19.4 Å². The average Bonchev–Trinajstić information content (AvgIpc) is 3.21. The average molecular weight is 452 g/mol. The van der Waals surface area contributed by atoms with Gasteiger partial charge in [-0.25, -0.2) is 9.78 Å². The number of nitrogens with one attached hydrogen (secondary N) is 1. The standard InChI is InChI=1S/C26H33N3O4/c1-25(2,3)33-24(31)28-23-10-9-19(14-27-23)22(30)17-29-15-20-12-26(32,13-21(20)16-29)11-18-7-5-4-6-8-18/h4-10,14,20-21,32H,11-13,15-17H2,1-3H3,(H,27,28,31)/t20-,21+,26?. The van der Waals surface area contributed by atoms with E-state index >= 15 is 0 Å². The first-order valence-electron chi connectivity index (χ1n) is 11.6. The number of Topliss-reactive ketones (excluding diaryl/α,β-unsaturated/α-hetero) is 1. The van der Waals surface area contributed by atoms with Gasteiger partial charge < -0.3 is 9.84 Å². The normalized spacial score (nSPS) is 25.0. The number of carbonyl (C=O) groups is 2. The Morgan fingerprint density at radius 1 is 1.12 bits per heavy atom. The van der Waals surface area contributed by atoms with Crippen LogP contribution in [0.2, 0.25) is 0 Å². The molecule has 1 aliphatic heterocycles. The Bertz CT molecular complexity index is 971. The molecule has 7 nitrogen and oxygen atoms in total. The molecule has 1 unspecified atom stereocenters. The summed E-state index contributed by atoms with van der Waals surface area (Å²) in [7, 11) is 0. The zero-order chi connectivity index (χ0) is 23.6. The number of nitrogens with zero attached hydrogens (tertiary/aromatic N) is 2. The summed E-state index contributed by atoms with van der Waals surface area (Å²) in [6.07, 6.45) is 3.16. The molecule has 7 heteroatoms. The Labute approximate surface area is 195 Å². The maximum Gasteiger partial charge on any atom is 0.413 e. The SMILES string of the molecule is CC(C)(C)OC(=O)Nc1ccc(C(=O)CN2C[C@@H]3CC(O)(Cc4ccccc4)C[C@@H]3C2)cn1. The molecule has 2 aromatic rings. The van der Waals surface area contributed by atoms with Crippen LogP contribution in [0, 0.1) is 11.8 Å². The molecule has 1 aliphatic carbocycles. The van der Waals surface area contributed by atoms with Gasteiger partial charge in [0.05, 0.1) is 12.1 Å². The maximum absolute atomic E-state index is 12.8. The van der Waals surface area contributed by atoms with Crippen molar-refractivity contribution in [2.75, 3.05) is 25.0 Å². The molecular formula is C26H33N3O4. The van der Waals surface area contributed by atoms with Crippen LogP contribution in [0.3, 0.4) is 0 Å². The number of ketones is 1. The van der Waals surface area contributed by atoms with E-state index < -0.39 is 17.3 Å². The molecule has 1 saturated heterocycles. The van der Waals surface area contributed by atoms with E-state index in [9.17, 15) is 14.7 Å². The van der Waals surface area contributed by atoms with Crippen LogP contribution < -0.4 is 5.32 Å². The third-order valence-electron chi connectivity index (χ3n) is 6.39. The number of hydrogen-bond acceptors (Lipinski definition) is 6. The first kappa shape index (κ1) is 23.4. The number of anilines is 1. The lowest BCUT2D eigenvalue weighted by Gasteiger charge is -2.26. The van der Waals surface area contributed by atoms with Crippen molar-refractivity contribution in [3.63, 3.8) is 0 Å². The van der Waals surface area contributed by atoms with Crippen LogP contribution in [0.5, 0.6) is 0 Å². The number of aliphatic hydroxyl groups is 1. The Hall–Kier alpha value is -2.77. The molecule has 4 rings (SSSR count). The molecule has 33 heavy (non-hydrogen) atoms. The van der Waals surface area contributed by atoms with Gasteiger partial charge in [0, 0.05) is 31.3 Å². The van der Waals surface area contributed by atoms with E-state index in [1.807, 2.05) is 18.2 Å². The molecule has 3 atom stereocenters. The number of rotatable bonds is 6. The van der Waals surface area contributed by atoms with Gasteiger partial charge in [-0.1, -0.05) is 30.3 Å². The summed E-state index contributed by atoms with van der Waals surface area (Å²) in [5.41, 5.74) is 0.449. The number of fused-ring (bicyclic) bond motifs is 1. The lowest BCUT2D eigenvalue weighted by atomic mass is 9.91. The highest BCUT2D eigenvalue weighted by Gasteiger charge is 2.48. The molecule has 1 saturated carbocycles. The molecule has 2 N–H and O–H groups in total. The number of carbonyl (C=O) groups excluding carboxylic acids is 2. The minimum absolute atomic E-state index is 0.00541. The third kappa shape index (κ3) is 6.18. The third-order valence-corrected chi connectivity index (χ3v) is 6.39. The van der Waals surface area contributed by atoms with Gasteiger partial charge in [0.25, 0.3) is 0 Å². The summed E-state index contributed by atoms with van der Waals surface area (Å²) in [4.78, 5) is 31.0. The monoisotopic (exact) mass is 451 g/mol. The summed E-state index contributed by atoms with van der Waals surface area (Å²) in [6, 6.07) is 13.4. The van der Waals surface area contributed by atoms with E-state index in [1.165, 1.54) is 11.8 Å². The van der Waals surface area contributed by atoms with Gasteiger partial charge in [-0.15, -0.1) is 0 Å². The van der Waals surface area contributed by atoms with Crippen molar-refractivity contribution in [1.29, 1.82) is 0 Å². The second-order valence-corrected chi connectivity index (χ2v) is 10.5. The fourth-order valence-corrected chi connectivity index (χ4v) is 5.14. The summed E-state index contributed by atoms with van der Waals surface area (Å²) in [5, 5.41) is 13.7. The zero-order valence-corrected chi connectivity index (χ0v) is 19.6. The minimum Gasteiger partial charge on any atom is -0.444 e. The van der Waals surface area contributed by atoms with E-state index in [1.54, 1.807) is 32.9 Å². The van der Waals surface area contributed by atoms with E-state index in [4.69, 9.17) is 4.74 Å². The number of benzene rings is 1. The van der Waals surface area contributed by atoms with Crippen LogP contribution in [-0.2, 0) is 11.2 Å². The summed E-state index contributed by atoms with van der Waals surface area (Å²) < 4.78 is 5.21. The van der Waals surface area contributed by atoms with Gasteiger partial charge >= 0.3 is 6.09 Å². The Morgan fingerprint density at radius 2 is 1.79 bits per heavy atom. The number of aromatic nitrogens is 1. The molecule has 2 fully saturated rings. The predicted octanol–water partition coefficient (Wildman–Crippen LogP) is 3.93. The molecular weight excluding hydrogens is 418 g/mol. The molecule has 2 aliphatic rings. The van der Waals surface area contributed by atoms with Gasteiger partial charge in [0.2, 0.25) is 0 Å². The van der Waals surface area contributed by atoms with Crippen molar-refractivity contribution in [2.24, 2.45) is 11.8 Å². The first-order chi connectivity index (χ1) is 15.6. The van der Waals surface area contributed by atoms with Crippen molar-refractivity contribution in [3.8, 4) is 0 Å². The van der Waals surface area contributed by atoms with Crippen molar-refractivity contribution in [1.82, 2.24) is 9.88 Å². The van der Waals surface area contributed by atoms with E-state index in [0.29, 0.717) is 36.2 Å². The maximum atomic E-state index is 12.8. The van der Waals surface area contributed by atoms with Crippen LogP contribution in [-0.4, -0.2) is 57.7 Å². The summed E-state index contributed by atoms with van der Waals surface area (Å²) in [5.74, 6) is 1.19. The largest absolute Gasteiger partial charge is 0.444 e. The Morgan fingerprint density at radius 3 is 2.36 bits per heavy atom. The van der Waals surface area contributed by atoms with Crippen molar-refractivity contribution in [3.05, 3.63) is 59.8 Å². The van der Waals surface area contributed by atoms with Crippen LogP contribution in [0.4, 0.5) is 10.6 Å². The van der Waals surface area contributed by atoms with Crippen LogP contribution >= 0.6 is 0 Å². The van der Waals surface area contributed by atoms with Gasteiger partial charge in [0.15, 0.2) is 5.78 Å². The Balaban J connectivity index is 1.26. The fraction of sp³-hybridized carbons (Fsp3) is 0.500. The first-order valence-corrected chi connectivity index (χ1v) is 11.6. The van der Waals surface area contributed by atoms with Gasteiger partial charge in [0.1, 0.15) is 11.4 Å². The van der Waals surface area contributed by atoms with E-state index in [-0.39, 0.29) is 5.78 Å². The van der Waals surface area contributed by atoms with Gasteiger partial charge in [-0.05, 0) is 63.1 Å². The lowest BCUT2D eigenvalue weighted by molar-refractivity contribution is 0.0355. The van der Waals surface area contributed by atoms with Gasteiger partial charge in [-0.3, -0.25) is 15.0 Å². The van der Waals surface area contributed by atoms with E-state index in [0.717, 1.165) is 25.9 Å². The molecule has 2 heterocycles. The number of likely N-dealkylation sites (tertiary alicyclic amines) is 1. The molecule has 0 radical (unpaired) electrons. The smallest absolute Gasteiger partial charge is 0.413 e. The number of amides is 1. The number of pyridine rings is 1. The molecule has 1 aromatic heterocycles. The number of ether oxygens (including phenoxy) is 1. The summed E-state index contributed by atoms with van der Waals surface area (Å²) >= 11 is 0. The lowest BCUT2D eigenvalue weighted by Crippen LogP contribution is -2.34. The second kappa shape index (κ2) is 9.23. The molecule has 1 amide bonds. The quantitative estimate of drug-likeness (QED) is 0.647. The molecule has 0 bridgehead atoms. The van der Waals surface area contributed by atoms with E-state index in [2.05, 4.69) is 27.3 Å². The minimum atomic E-state index is -0.645. The molecule has 0 spiro atoms. The topological polar surface area (TPSA) is 91.8 Å². The fourth-order valence-electron chi connectivity index (χ4n) is 5.14. The number of hydrogen-bond donors (Lipinski definition) is 2. The highest BCUT2D eigenvalue weighted by molar-refractivity contribution is 5.97.